The van der Waals surface area contributed by atoms with Crippen LogP contribution >= 0.6 is 23.2 Å². The first-order valence-electron chi connectivity index (χ1n) is 9.60. The normalized spacial score (nSPS) is 14.5. The second kappa shape index (κ2) is 9.96. The van der Waals surface area contributed by atoms with E-state index in [1.165, 1.54) is 18.2 Å². The van der Waals surface area contributed by atoms with Crippen LogP contribution in [0.5, 0.6) is 11.5 Å². The predicted molar refractivity (Wildman–Crippen MR) is 119 cm³/mol. The maximum Gasteiger partial charge on any atom is 0.262 e. The average molecular weight is 475 g/mol. The Bertz CT molecular complexity index is 995. The van der Waals surface area contributed by atoms with Crippen LogP contribution < -0.4 is 19.1 Å². The van der Waals surface area contributed by atoms with Crippen molar-refractivity contribution in [3.63, 3.8) is 0 Å². The molecule has 0 radical (unpaired) electrons. The Morgan fingerprint density at radius 2 is 1.67 bits per heavy atom. The topological polar surface area (TPSA) is 77.1 Å². The molecule has 0 unspecified atom stereocenters. The Labute approximate surface area is 186 Å². The molecule has 1 N–H and O–H groups in total. The van der Waals surface area contributed by atoms with Gasteiger partial charge in [0.25, 0.3) is 10.0 Å². The number of nitrogens with one attached hydrogen (secondary N) is 1. The summed E-state index contributed by atoms with van der Waals surface area (Å²) in [6, 6.07) is 7.58. The second-order valence-electron chi connectivity index (χ2n) is 6.46. The first kappa shape index (κ1) is 22.8. The third-order valence-corrected chi connectivity index (χ3v) is 6.56. The number of sulfonamides is 1. The van der Waals surface area contributed by atoms with E-state index in [-0.39, 0.29) is 20.6 Å². The smallest absolute Gasteiger partial charge is 0.262 e. The van der Waals surface area contributed by atoms with E-state index in [0.29, 0.717) is 51.0 Å². The zero-order chi connectivity index (χ0) is 21.7. The minimum Gasteiger partial charge on any atom is -0.492 e. The zero-order valence-electron chi connectivity index (χ0n) is 16.8. The van der Waals surface area contributed by atoms with Gasteiger partial charge < -0.3 is 19.1 Å². The number of rotatable bonds is 8. The zero-order valence-corrected chi connectivity index (χ0v) is 19.1. The van der Waals surface area contributed by atoms with Gasteiger partial charge in [0.05, 0.1) is 52.7 Å². The first-order chi connectivity index (χ1) is 14.4. The SMILES string of the molecule is CCOc1cc(N2CCOCC2)c(OCC)cc1NS(=O)(=O)c1ccc(Cl)c(Cl)c1. The molecule has 1 heterocycles. The van der Waals surface area contributed by atoms with Crippen LogP contribution in [-0.4, -0.2) is 47.9 Å². The maximum absolute atomic E-state index is 12.9. The van der Waals surface area contributed by atoms with Crippen LogP contribution in [0.15, 0.2) is 35.2 Å². The van der Waals surface area contributed by atoms with Gasteiger partial charge in [-0.2, -0.15) is 0 Å². The molecule has 30 heavy (non-hydrogen) atoms. The largest absolute Gasteiger partial charge is 0.492 e. The number of hydrogen-bond donors (Lipinski definition) is 1. The van der Waals surface area contributed by atoms with Crippen molar-refractivity contribution < 1.29 is 22.6 Å². The second-order valence-corrected chi connectivity index (χ2v) is 8.96. The van der Waals surface area contributed by atoms with Gasteiger partial charge in [-0.05, 0) is 32.0 Å². The molecule has 0 aliphatic carbocycles. The lowest BCUT2D eigenvalue weighted by Gasteiger charge is -2.31. The molecule has 2 aromatic carbocycles. The van der Waals surface area contributed by atoms with E-state index in [1.807, 2.05) is 13.8 Å². The summed E-state index contributed by atoms with van der Waals surface area (Å²) in [7, 11) is -3.93. The lowest BCUT2D eigenvalue weighted by atomic mass is 10.2. The van der Waals surface area contributed by atoms with Crippen LogP contribution in [0.25, 0.3) is 0 Å². The summed E-state index contributed by atoms with van der Waals surface area (Å²) in [4.78, 5) is 2.13. The maximum atomic E-state index is 12.9. The van der Waals surface area contributed by atoms with Gasteiger partial charge in [0.15, 0.2) is 0 Å². The van der Waals surface area contributed by atoms with Crippen molar-refractivity contribution in [2.45, 2.75) is 18.7 Å². The van der Waals surface area contributed by atoms with E-state index < -0.39 is 10.0 Å². The Morgan fingerprint density at radius 3 is 2.30 bits per heavy atom. The molecule has 1 aliphatic heterocycles. The third kappa shape index (κ3) is 5.24. The van der Waals surface area contributed by atoms with Crippen molar-refractivity contribution >= 4 is 44.6 Å². The predicted octanol–water partition coefficient (Wildman–Crippen LogP) is 4.43. The number of halogens is 2. The molecule has 3 rings (SSSR count). The number of hydrogen-bond acceptors (Lipinski definition) is 6. The van der Waals surface area contributed by atoms with Crippen molar-refractivity contribution in [3.8, 4) is 11.5 Å². The Balaban J connectivity index is 2.01. The fourth-order valence-electron chi connectivity index (χ4n) is 3.07. The standard InChI is InChI=1S/C20H24Cl2N2O5S/c1-3-28-19-13-18(24-7-9-27-10-8-24)20(29-4-2)12-17(19)23-30(25,26)14-5-6-15(21)16(22)11-14/h5-6,11-13,23H,3-4,7-10H2,1-2H3. The van der Waals surface area contributed by atoms with Gasteiger partial charge in [-0.25, -0.2) is 8.42 Å². The summed E-state index contributed by atoms with van der Waals surface area (Å²) >= 11 is 11.9. The minimum atomic E-state index is -3.93. The molecule has 1 aliphatic rings. The van der Waals surface area contributed by atoms with Gasteiger partial charge in [-0.3, -0.25) is 4.72 Å². The summed E-state index contributed by atoms with van der Waals surface area (Å²) in [5.74, 6) is 0.973. The fraction of sp³-hybridized carbons (Fsp3) is 0.400. The Kier molecular flexibility index (Phi) is 7.57. The number of morpholine rings is 1. The number of ether oxygens (including phenoxy) is 3. The van der Waals surface area contributed by atoms with Crippen LogP contribution in [0.3, 0.4) is 0 Å². The van der Waals surface area contributed by atoms with Gasteiger partial charge in [0.1, 0.15) is 11.5 Å². The van der Waals surface area contributed by atoms with Crippen LogP contribution in [-0.2, 0) is 14.8 Å². The summed E-state index contributed by atoms with van der Waals surface area (Å²) in [5, 5.41) is 0.432. The highest BCUT2D eigenvalue weighted by Crippen LogP contribution is 2.40. The van der Waals surface area contributed by atoms with Crippen LogP contribution in [0.4, 0.5) is 11.4 Å². The summed E-state index contributed by atoms with van der Waals surface area (Å²) in [6.07, 6.45) is 0. The molecular weight excluding hydrogens is 451 g/mol. The molecule has 0 spiro atoms. The van der Waals surface area contributed by atoms with Gasteiger partial charge in [-0.1, -0.05) is 23.2 Å². The van der Waals surface area contributed by atoms with Gasteiger partial charge in [-0.15, -0.1) is 0 Å². The third-order valence-electron chi connectivity index (χ3n) is 4.46. The minimum absolute atomic E-state index is 0.00503. The molecular formula is C20H24Cl2N2O5S. The lowest BCUT2D eigenvalue weighted by Crippen LogP contribution is -2.36. The van der Waals surface area contributed by atoms with Gasteiger partial charge >= 0.3 is 0 Å². The monoisotopic (exact) mass is 474 g/mol. The fourth-order valence-corrected chi connectivity index (χ4v) is 4.52. The molecule has 1 fully saturated rings. The molecule has 0 amide bonds. The molecule has 164 valence electrons. The number of anilines is 2. The van der Waals surface area contributed by atoms with Crippen LogP contribution in [0.2, 0.25) is 10.0 Å². The van der Waals surface area contributed by atoms with E-state index in [0.717, 1.165) is 5.69 Å². The Morgan fingerprint density at radius 1 is 1.00 bits per heavy atom. The highest BCUT2D eigenvalue weighted by atomic mass is 35.5. The van der Waals surface area contributed by atoms with E-state index in [2.05, 4.69) is 9.62 Å². The lowest BCUT2D eigenvalue weighted by molar-refractivity contribution is 0.122. The average Bonchev–Trinajstić information content (AvgIpc) is 2.72. The quantitative estimate of drug-likeness (QED) is 0.609. The molecule has 1 saturated heterocycles. The van der Waals surface area contributed by atoms with Gasteiger partial charge in [0, 0.05) is 25.2 Å². The van der Waals surface area contributed by atoms with Crippen LogP contribution in [0.1, 0.15) is 13.8 Å². The van der Waals surface area contributed by atoms with Gasteiger partial charge in [0.2, 0.25) is 0 Å². The highest BCUT2D eigenvalue weighted by Gasteiger charge is 2.23. The van der Waals surface area contributed by atoms with E-state index in [9.17, 15) is 8.42 Å². The van der Waals surface area contributed by atoms with Crippen molar-refractivity contribution in [3.05, 3.63) is 40.4 Å². The summed E-state index contributed by atoms with van der Waals surface area (Å²) in [6.45, 7) is 7.16. The molecule has 0 saturated carbocycles. The molecule has 10 heteroatoms. The van der Waals surface area contributed by atoms with Crippen molar-refractivity contribution in [1.82, 2.24) is 0 Å². The summed E-state index contributed by atoms with van der Waals surface area (Å²) in [5.41, 5.74) is 1.12. The summed E-state index contributed by atoms with van der Waals surface area (Å²) < 4.78 is 45.4. The van der Waals surface area contributed by atoms with Crippen LogP contribution in [0, 0.1) is 0 Å². The molecule has 0 atom stereocenters. The van der Waals surface area contributed by atoms with E-state index >= 15 is 0 Å². The Hall–Kier alpha value is -1.87. The number of nitrogens with zero attached hydrogens (tertiary/aromatic N) is 1. The molecule has 0 aromatic heterocycles. The first-order valence-corrected chi connectivity index (χ1v) is 11.8. The molecule has 0 bridgehead atoms. The molecule has 2 aromatic rings. The highest BCUT2D eigenvalue weighted by molar-refractivity contribution is 7.92. The number of benzene rings is 2. The van der Waals surface area contributed by atoms with E-state index in [1.54, 1.807) is 12.1 Å². The van der Waals surface area contributed by atoms with Crippen molar-refractivity contribution in [2.75, 3.05) is 49.1 Å². The van der Waals surface area contributed by atoms with E-state index in [4.69, 9.17) is 37.4 Å². The van der Waals surface area contributed by atoms with Crippen molar-refractivity contribution in [1.29, 1.82) is 0 Å². The molecule has 7 nitrogen and oxygen atoms in total. The van der Waals surface area contributed by atoms with Crippen molar-refractivity contribution in [2.24, 2.45) is 0 Å².